The number of imide groups is 1. The zero-order valence-electron chi connectivity index (χ0n) is 12.7. The van der Waals surface area contributed by atoms with Crippen LogP contribution in [-0.2, 0) is 9.59 Å². The molecule has 6 nitrogen and oxygen atoms in total. The number of likely N-dealkylation sites (tertiary alicyclic amines) is 1. The highest BCUT2D eigenvalue weighted by Gasteiger charge is 2.37. The van der Waals surface area contributed by atoms with Crippen LogP contribution in [-0.4, -0.2) is 46.5 Å². The number of carbonyl (C=O) groups is 3. The molecule has 0 bridgehead atoms. The van der Waals surface area contributed by atoms with E-state index < -0.39 is 11.1 Å². The Kier molecular flexibility index (Phi) is 4.85. The average molecular weight is 334 g/mol. The molecule has 0 aliphatic carbocycles. The average Bonchev–Trinajstić information content (AvgIpc) is 3.01. The van der Waals surface area contributed by atoms with E-state index in [0.29, 0.717) is 18.8 Å². The van der Waals surface area contributed by atoms with Crippen molar-refractivity contribution in [3.05, 3.63) is 29.1 Å². The van der Waals surface area contributed by atoms with E-state index in [1.807, 2.05) is 0 Å². The van der Waals surface area contributed by atoms with Gasteiger partial charge in [-0.05, 0) is 36.7 Å². The van der Waals surface area contributed by atoms with Gasteiger partial charge in [-0.2, -0.15) is 0 Å². The minimum Gasteiger partial charge on any atom is -0.465 e. The molecule has 1 aromatic rings. The van der Waals surface area contributed by atoms with Crippen molar-refractivity contribution in [2.45, 2.75) is 25.7 Å². The summed E-state index contributed by atoms with van der Waals surface area (Å²) in [6.07, 6.45) is 7.23. The summed E-state index contributed by atoms with van der Waals surface area (Å²) in [7, 11) is 0. The number of hydrogen-bond donors (Lipinski definition) is 0. The van der Waals surface area contributed by atoms with Crippen molar-refractivity contribution >= 4 is 34.9 Å². The Balaban J connectivity index is 1.67. The maximum Gasteiger partial charge on any atom is 0.294 e. The van der Waals surface area contributed by atoms with Crippen LogP contribution in [0, 0.1) is 0 Å². The summed E-state index contributed by atoms with van der Waals surface area (Å²) < 4.78 is 5.16. The molecule has 0 unspecified atom stereocenters. The first kappa shape index (κ1) is 15.9. The molecule has 0 radical (unpaired) electrons. The molecule has 0 saturated carbocycles. The van der Waals surface area contributed by atoms with Gasteiger partial charge in [0.05, 0.1) is 11.2 Å². The van der Waals surface area contributed by atoms with Crippen molar-refractivity contribution in [1.29, 1.82) is 0 Å². The first-order valence-corrected chi connectivity index (χ1v) is 8.53. The Bertz CT molecular complexity index is 631. The molecular weight excluding hydrogens is 316 g/mol. The van der Waals surface area contributed by atoms with Gasteiger partial charge in [0.2, 0.25) is 5.91 Å². The van der Waals surface area contributed by atoms with Crippen LogP contribution in [0.3, 0.4) is 0 Å². The molecule has 122 valence electrons. The zero-order chi connectivity index (χ0) is 16.2. The number of amides is 3. The van der Waals surface area contributed by atoms with Gasteiger partial charge in [-0.15, -0.1) is 0 Å². The van der Waals surface area contributed by atoms with Gasteiger partial charge in [-0.3, -0.25) is 19.3 Å². The number of furan rings is 1. The maximum absolute atomic E-state index is 12.4. The maximum atomic E-state index is 12.4. The topological polar surface area (TPSA) is 70.8 Å². The van der Waals surface area contributed by atoms with Crippen molar-refractivity contribution in [3.8, 4) is 0 Å². The molecule has 1 aromatic heterocycles. The summed E-state index contributed by atoms with van der Waals surface area (Å²) in [5, 5.41) is -0.407. The minimum absolute atomic E-state index is 0.159. The zero-order valence-corrected chi connectivity index (χ0v) is 13.5. The lowest BCUT2D eigenvalue weighted by Crippen LogP contribution is -2.42. The lowest BCUT2D eigenvalue weighted by atomic mass is 10.2. The van der Waals surface area contributed by atoms with Gasteiger partial charge < -0.3 is 9.32 Å². The second-order valence-corrected chi connectivity index (χ2v) is 6.57. The van der Waals surface area contributed by atoms with Crippen molar-refractivity contribution in [2.24, 2.45) is 0 Å². The van der Waals surface area contributed by atoms with Gasteiger partial charge in [-0.1, -0.05) is 12.8 Å². The van der Waals surface area contributed by atoms with Gasteiger partial charge in [0.1, 0.15) is 12.3 Å². The number of carbonyl (C=O) groups excluding carboxylic acids is 3. The Labute approximate surface area is 138 Å². The van der Waals surface area contributed by atoms with Gasteiger partial charge >= 0.3 is 0 Å². The van der Waals surface area contributed by atoms with Crippen molar-refractivity contribution in [1.82, 2.24) is 9.80 Å². The molecule has 7 heteroatoms. The smallest absolute Gasteiger partial charge is 0.294 e. The fourth-order valence-corrected chi connectivity index (χ4v) is 3.51. The van der Waals surface area contributed by atoms with Gasteiger partial charge in [-0.25, -0.2) is 0 Å². The first-order valence-electron chi connectivity index (χ1n) is 7.72. The van der Waals surface area contributed by atoms with E-state index in [0.717, 1.165) is 42.3 Å². The Morgan fingerprint density at radius 1 is 1.22 bits per heavy atom. The number of hydrogen-bond acceptors (Lipinski definition) is 5. The van der Waals surface area contributed by atoms with Gasteiger partial charge in [0, 0.05) is 19.2 Å². The van der Waals surface area contributed by atoms with Crippen LogP contribution >= 0.6 is 11.8 Å². The van der Waals surface area contributed by atoms with E-state index in [1.54, 1.807) is 17.0 Å². The molecule has 0 N–H and O–H groups in total. The van der Waals surface area contributed by atoms with Crippen LogP contribution in [0.5, 0.6) is 0 Å². The molecular formula is C16H18N2O4S. The molecule has 2 fully saturated rings. The van der Waals surface area contributed by atoms with E-state index in [4.69, 9.17) is 4.42 Å². The summed E-state index contributed by atoms with van der Waals surface area (Å²) in [5.74, 6) is -0.0811. The molecule has 0 spiro atoms. The van der Waals surface area contributed by atoms with E-state index >= 15 is 0 Å². The summed E-state index contributed by atoms with van der Waals surface area (Å²) in [5.41, 5.74) is 0. The van der Waals surface area contributed by atoms with Crippen LogP contribution < -0.4 is 0 Å². The Morgan fingerprint density at radius 3 is 2.61 bits per heavy atom. The van der Waals surface area contributed by atoms with Crippen LogP contribution in [0.2, 0.25) is 0 Å². The molecule has 0 atom stereocenters. The molecule has 2 saturated heterocycles. The highest BCUT2D eigenvalue weighted by molar-refractivity contribution is 8.18. The molecule has 2 aliphatic heterocycles. The fraction of sp³-hybridized carbons (Fsp3) is 0.438. The van der Waals surface area contributed by atoms with Gasteiger partial charge in [0.15, 0.2) is 0 Å². The molecule has 3 rings (SSSR count). The lowest BCUT2D eigenvalue weighted by molar-refractivity contribution is -0.135. The lowest BCUT2D eigenvalue weighted by Gasteiger charge is -2.22. The van der Waals surface area contributed by atoms with Crippen LogP contribution in [0.25, 0.3) is 6.08 Å². The standard InChI is InChI=1S/C16H18N2O4S/c19-14(17-7-3-1-2-4-8-17)11-18-15(20)13(23-16(18)21)10-12-6-5-9-22-12/h5-6,9-10H,1-4,7-8,11H2/b13-10+. The van der Waals surface area contributed by atoms with Crippen molar-refractivity contribution < 1.29 is 18.8 Å². The number of nitrogens with zero attached hydrogens (tertiary/aromatic N) is 2. The normalized spacial score (nSPS) is 21.1. The van der Waals surface area contributed by atoms with E-state index in [9.17, 15) is 14.4 Å². The summed E-state index contributed by atoms with van der Waals surface area (Å²) in [6, 6.07) is 3.41. The molecule has 3 heterocycles. The quantitative estimate of drug-likeness (QED) is 0.795. The predicted octanol–water partition coefficient (Wildman–Crippen LogP) is 2.72. The van der Waals surface area contributed by atoms with E-state index in [2.05, 4.69) is 0 Å². The third kappa shape index (κ3) is 3.67. The van der Waals surface area contributed by atoms with Gasteiger partial charge in [0.25, 0.3) is 11.1 Å². The molecule has 0 aromatic carbocycles. The molecule has 23 heavy (non-hydrogen) atoms. The Morgan fingerprint density at radius 2 is 1.96 bits per heavy atom. The third-order valence-corrected chi connectivity index (χ3v) is 4.85. The largest absolute Gasteiger partial charge is 0.465 e. The van der Waals surface area contributed by atoms with Crippen LogP contribution in [0.4, 0.5) is 4.79 Å². The number of rotatable bonds is 3. The highest BCUT2D eigenvalue weighted by Crippen LogP contribution is 2.32. The van der Waals surface area contributed by atoms with Crippen molar-refractivity contribution in [3.63, 3.8) is 0 Å². The SMILES string of the molecule is O=C(CN1C(=O)S/C(=C/c2ccco2)C1=O)N1CCCCCC1. The van der Waals surface area contributed by atoms with E-state index in [1.165, 1.54) is 12.3 Å². The number of thioether (sulfide) groups is 1. The fourth-order valence-electron chi connectivity index (χ4n) is 2.69. The molecule has 2 aliphatic rings. The molecule has 3 amide bonds. The summed E-state index contributed by atoms with van der Waals surface area (Å²) in [4.78, 5) is 39.8. The second-order valence-electron chi connectivity index (χ2n) is 5.58. The predicted molar refractivity (Wildman–Crippen MR) is 86.4 cm³/mol. The van der Waals surface area contributed by atoms with Crippen LogP contribution in [0.15, 0.2) is 27.7 Å². The van der Waals surface area contributed by atoms with E-state index in [-0.39, 0.29) is 17.4 Å². The second kappa shape index (κ2) is 7.04. The monoisotopic (exact) mass is 334 g/mol. The van der Waals surface area contributed by atoms with Crippen LogP contribution in [0.1, 0.15) is 31.4 Å². The minimum atomic E-state index is -0.431. The Hall–Kier alpha value is -2.02. The summed E-state index contributed by atoms with van der Waals surface area (Å²) in [6.45, 7) is 1.23. The summed E-state index contributed by atoms with van der Waals surface area (Å²) >= 11 is 0.841. The van der Waals surface area contributed by atoms with Crippen molar-refractivity contribution in [2.75, 3.05) is 19.6 Å². The third-order valence-electron chi connectivity index (χ3n) is 3.94. The first-order chi connectivity index (χ1) is 11.1. The highest BCUT2D eigenvalue weighted by atomic mass is 32.2.